The van der Waals surface area contributed by atoms with E-state index in [4.69, 9.17) is 21.1 Å². The summed E-state index contributed by atoms with van der Waals surface area (Å²) in [5.74, 6) is 0.681. The normalized spacial score (nSPS) is 17.3. The number of aromatic amines is 1. The Labute approximate surface area is 344 Å². The fourth-order valence-electron chi connectivity index (χ4n) is 8.05. The molecule has 3 saturated heterocycles. The number of aromatic nitrogens is 1. The van der Waals surface area contributed by atoms with E-state index in [2.05, 4.69) is 20.5 Å². The molecule has 6 N–H and O–H groups in total. The van der Waals surface area contributed by atoms with E-state index in [1.807, 2.05) is 48.5 Å². The quantitative estimate of drug-likeness (QED) is 0.0617. The van der Waals surface area contributed by atoms with Crippen molar-refractivity contribution in [3.05, 3.63) is 117 Å². The summed E-state index contributed by atoms with van der Waals surface area (Å²) in [6.45, 7) is 3.28. The first-order valence-corrected chi connectivity index (χ1v) is 19.4. The minimum atomic E-state index is -0.957. The lowest BCUT2D eigenvalue weighted by Crippen LogP contribution is -2.59. The van der Waals surface area contributed by atoms with Gasteiger partial charge in [-0.25, -0.2) is 9.59 Å². The maximum absolute atomic E-state index is 12.9. The SMILES string of the molecule is COc1cc(NC(=O)OCCCc2ccc(-c3ccccc3)c(N(C(=O)O)[C@H]3CN4CCC3CC4)c2)c(Cl)cc1CNC[C@H](O)c1ccc(O)c2[nH]c(=O)ccc12.F.F. The van der Waals surface area contributed by atoms with Crippen LogP contribution in [-0.2, 0) is 17.7 Å². The molecule has 3 aliphatic rings. The standard InChI is InChI=1S/C43H46ClN5O8.2FH/c1-56-39-22-34(33(44)21-29(39)23-45-24-38(51)31-11-13-37(50)41-32(31)12-14-40(52)47-41)46-42(53)57-19-5-6-26-9-10-30(27-7-3-2-4-8-27)35(20-26)49(43(54)55)36-25-48-17-15-28(36)16-18-48;;/h2-4,7-14,20-22,28,36,38,45,50-51H,5-6,15-19,23-25H2,1H3,(H,46,53)(H,47,52)(H,54,55);2*1H/t36-,38-;;/m0../s1. The summed E-state index contributed by atoms with van der Waals surface area (Å²) >= 11 is 6.57. The Morgan fingerprint density at radius 2 is 1.78 bits per heavy atom. The number of nitrogens with zero attached hydrogens (tertiary/aromatic N) is 2. The van der Waals surface area contributed by atoms with E-state index in [0.29, 0.717) is 52.4 Å². The third kappa shape index (κ3) is 10.1. The number of halogens is 3. The van der Waals surface area contributed by atoms with E-state index < -0.39 is 18.3 Å². The third-order valence-corrected chi connectivity index (χ3v) is 11.2. The average Bonchev–Trinajstić information content (AvgIpc) is 3.21. The summed E-state index contributed by atoms with van der Waals surface area (Å²) in [5, 5.41) is 38.3. The second kappa shape index (κ2) is 19.8. The second-order valence-electron chi connectivity index (χ2n) is 14.5. The predicted molar refractivity (Wildman–Crippen MR) is 225 cm³/mol. The minimum Gasteiger partial charge on any atom is -0.506 e. The maximum atomic E-state index is 12.9. The number of phenolic OH excluding ortho intramolecular Hbond substituents is 1. The summed E-state index contributed by atoms with van der Waals surface area (Å²) in [6, 6.07) is 24.8. The number of rotatable bonds is 14. The van der Waals surface area contributed by atoms with Crippen molar-refractivity contribution in [1.82, 2.24) is 15.2 Å². The molecule has 4 aromatic carbocycles. The van der Waals surface area contributed by atoms with Crippen LogP contribution in [0.25, 0.3) is 22.0 Å². The number of pyridine rings is 1. The number of nitrogens with one attached hydrogen (secondary N) is 3. The summed E-state index contributed by atoms with van der Waals surface area (Å²) in [7, 11) is 1.50. The van der Waals surface area contributed by atoms with E-state index in [0.717, 1.165) is 49.2 Å². The van der Waals surface area contributed by atoms with Gasteiger partial charge in [0.05, 0.1) is 47.8 Å². The van der Waals surface area contributed by atoms with Gasteiger partial charge in [-0.15, -0.1) is 0 Å². The van der Waals surface area contributed by atoms with E-state index in [1.54, 1.807) is 29.2 Å². The van der Waals surface area contributed by atoms with Crippen LogP contribution in [0.1, 0.15) is 42.1 Å². The fourth-order valence-corrected chi connectivity index (χ4v) is 8.29. The molecule has 0 saturated carbocycles. The number of amides is 2. The molecule has 0 aliphatic carbocycles. The highest BCUT2D eigenvalue weighted by molar-refractivity contribution is 6.33. The van der Waals surface area contributed by atoms with Crippen LogP contribution in [0.3, 0.4) is 0 Å². The number of piperidine rings is 3. The number of ether oxygens (including phenoxy) is 2. The van der Waals surface area contributed by atoms with Crippen molar-refractivity contribution < 1.29 is 43.8 Å². The van der Waals surface area contributed by atoms with E-state index in [-0.39, 0.29) is 57.0 Å². The van der Waals surface area contributed by atoms with Gasteiger partial charge in [0.25, 0.3) is 0 Å². The number of aryl methyl sites for hydroxylation is 1. The fraction of sp³-hybridized carbons (Fsp3) is 0.326. The first-order valence-electron chi connectivity index (χ1n) is 19.1. The number of aliphatic hydroxyl groups excluding tert-OH is 1. The molecule has 5 aromatic rings. The van der Waals surface area contributed by atoms with Crippen LogP contribution < -0.4 is 25.8 Å². The van der Waals surface area contributed by atoms with Crippen molar-refractivity contribution >= 4 is 46.1 Å². The molecule has 0 unspecified atom stereocenters. The third-order valence-electron chi connectivity index (χ3n) is 10.9. The number of anilines is 2. The van der Waals surface area contributed by atoms with Crippen LogP contribution in [0.5, 0.6) is 11.5 Å². The van der Waals surface area contributed by atoms with Gasteiger partial charge in [0.15, 0.2) is 0 Å². The van der Waals surface area contributed by atoms with Gasteiger partial charge in [-0.05, 0) is 85.6 Å². The lowest BCUT2D eigenvalue weighted by Gasteiger charge is -2.48. The molecule has 0 radical (unpaired) electrons. The first kappa shape index (κ1) is 44.4. The molecule has 2 atom stereocenters. The molecule has 1 aromatic heterocycles. The molecule has 13 nitrogen and oxygen atoms in total. The lowest BCUT2D eigenvalue weighted by molar-refractivity contribution is 0.0837. The number of carboxylic acid groups (broad SMARTS) is 1. The molecular formula is C43H48ClF2N5O8. The molecule has 2 amide bonds. The van der Waals surface area contributed by atoms with Crippen LogP contribution >= 0.6 is 11.6 Å². The van der Waals surface area contributed by atoms with Crippen LogP contribution in [0.4, 0.5) is 30.4 Å². The Balaban J connectivity index is 0.00000331. The zero-order chi connectivity index (χ0) is 40.1. The Morgan fingerprint density at radius 1 is 1.02 bits per heavy atom. The van der Waals surface area contributed by atoms with E-state index >= 15 is 0 Å². The molecule has 59 heavy (non-hydrogen) atoms. The van der Waals surface area contributed by atoms with Crippen molar-refractivity contribution in [2.45, 2.75) is 44.4 Å². The number of benzene rings is 4. The van der Waals surface area contributed by atoms with Crippen molar-refractivity contribution in [2.24, 2.45) is 5.92 Å². The monoisotopic (exact) mass is 835 g/mol. The van der Waals surface area contributed by atoms with Gasteiger partial charge in [0.2, 0.25) is 5.56 Å². The van der Waals surface area contributed by atoms with Gasteiger partial charge in [-0.1, -0.05) is 60.1 Å². The Kier molecular flexibility index (Phi) is 14.9. The molecule has 2 bridgehead atoms. The summed E-state index contributed by atoms with van der Waals surface area (Å²) in [5.41, 5.74) is 4.83. The largest absolute Gasteiger partial charge is 0.506 e. The molecular weight excluding hydrogens is 788 g/mol. The number of carbonyl (C=O) groups is 2. The number of H-pyrrole nitrogens is 1. The van der Waals surface area contributed by atoms with Gasteiger partial charge in [-0.3, -0.25) is 24.4 Å². The zero-order valence-electron chi connectivity index (χ0n) is 32.4. The Hall–Kier alpha value is -5.74. The van der Waals surface area contributed by atoms with Crippen LogP contribution in [-0.4, -0.2) is 83.3 Å². The highest BCUT2D eigenvalue weighted by atomic mass is 35.5. The molecule has 4 heterocycles. The molecule has 3 fully saturated rings. The number of methoxy groups -OCH3 is 1. The molecule has 314 valence electrons. The number of hydrogen-bond donors (Lipinski definition) is 6. The van der Waals surface area contributed by atoms with Crippen LogP contribution in [0.15, 0.2) is 89.7 Å². The van der Waals surface area contributed by atoms with Gasteiger partial charge in [-0.2, -0.15) is 0 Å². The summed E-state index contributed by atoms with van der Waals surface area (Å²) in [4.78, 5) is 44.0. The highest BCUT2D eigenvalue weighted by Gasteiger charge is 2.41. The molecule has 8 rings (SSSR count). The molecule has 3 aliphatic heterocycles. The van der Waals surface area contributed by atoms with Crippen LogP contribution in [0.2, 0.25) is 5.02 Å². The Bertz CT molecular complexity index is 2310. The zero-order valence-corrected chi connectivity index (χ0v) is 33.1. The van der Waals surface area contributed by atoms with Gasteiger partial charge >= 0.3 is 12.2 Å². The van der Waals surface area contributed by atoms with Gasteiger partial charge in [0, 0.05) is 48.3 Å². The topological polar surface area (TPSA) is 177 Å². The number of phenols is 1. The first-order chi connectivity index (χ1) is 27.6. The average molecular weight is 836 g/mol. The smallest absolute Gasteiger partial charge is 0.412 e. The Morgan fingerprint density at radius 3 is 2.47 bits per heavy atom. The van der Waals surface area contributed by atoms with E-state index in [1.165, 1.54) is 19.2 Å². The lowest BCUT2D eigenvalue weighted by atomic mass is 9.82. The number of aliphatic hydroxyl groups is 1. The van der Waals surface area contributed by atoms with Crippen molar-refractivity contribution in [1.29, 1.82) is 0 Å². The second-order valence-corrected chi connectivity index (χ2v) is 14.9. The molecule has 0 spiro atoms. The number of carbonyl (C=O) groups excluding carboxylic acids is 1. The minimum absolute atomic E-state index is 0. The number of fused-ring (bicyclic) bond motifs is 4. The number of aromatic hydroxyl groups is 1. The predicted octanol–water partition coefficient (Wildman–Crippen LogP) is 7.45. The van der Waals surface area contributed by atoms with Crippen molar-refractivity contribution in [3.8, 4) is 22.6 Å². The summed E-state index contributed by atoms with van der Waals surface area (Å²) < 4.78 is 11.1. The van der Waals surface area contributed by atoms with Gasteiger partial charge in [0.1, 0.15) is 11.5 Å². The highest BCUT2D eigenvalue weighted by Crippen LogP contribution is 2.39. The van der Waals surface area contributed by atoms with E-state index in [9.17, 15) is 29.7 Å². The number of hydrogen-bond acceptors (Lipinski definition) is 9. The molecule has 16 heteroatoms. The van der Waals surface area contributed by atoms with Crippen molar-refractivity contribution in [3.63, 3.8) is 0 Å². The maximum Gasteiger partial charge on any atom is 0.412 e. The van der Waals surface area contributed by atoms with Gasteiger partial charge < -0.3 is 40.0 Å². The van der Waals surface area contributed by atoms with Crippen LogP contribution in [0, 0.1) is 5.92 Å². The summed E-state index contributed by atoms with van der Waals surface area (Å²) in [6.07, 6.45) is 0.460. The van der Waals surface area contributed by atoms with Crippen molar-refractivity contribution in [2.75, 3.05) is 50.1 Å².